The number of methoxy groups -OCH3 is 2. The first-order chi connectivity index (χ1) is 18.0. The number of hydrogen-bond acceptors (Lipinski definition) is 7. The summed E-state index contributed by atoms with van der Waals surface area (Å²) >= 11 is 0. The van der Waals surface area contributed by atoms with Crippen LogP contribution in [0.3, 0.4) is 0 Å². The third kappa shape index (κ3) is 7.10. The fourth-order valence-corrected chi connectivity index (χ4v) is 5.69. The van der Waals surface area contributed by atoms with Gasteiger partial charge in [0.1, 0.15) is 6.04 Å². The molecule has 38 heavy (non-hydrogen) atoms. The van der Waals surface area contributed by atoms with E-state index in [1.54, 1.807) is 36.4 Å². The van der Waals surface area contributed by atoms with Crippen LogP contribution in [0.5, 0.6) is 11.5 Å². The first-order valence-corrected chi connectivity index (χ1v) is 14.5. The van der Waals surface area contributed by atoms with Crippen molar-refractivity contribution >= 4 is 26.0 Å². The summed E-state index contributed by atoms with van der Waals surface area (Å²) in [4.78, 5) is 13.2. The molecular formula is C26H31N3O7S2. The van der Waals surface area contributed by atoms with E-state index in [-0.39, 0.29) is 28.5 Å². The minimum absolute atomic E-state index is 0.0739. The van der Waals surface area contributed by atoms with Crippen LogP contribution in [-0.4, -0.2) is 61.4 Å². The van der Waals surface area contributed by atoms with Crippen molar-refractivity contribution in [3.8, 4) is 11.5 Å². The number of carbonyl (C=O) groups excluding carboxylic acids is 1. The van der Waals surface area contributed by atoms with E-state index >= 15 is 0 Å². The highest BCUT2D eigenvalue weighted by Gasteiger charge is 2.27. The molecular weight excluding hydrogens is 530 g/mol. The molecule has 0 aliphatic rings. The van der Waals surface area contributed by atoms with Crippen LogP contribution in [0.15, 0.2) is 82.6 Å². The molecule has 0 bridgehead atoms. The smallest absolute Gasteiger partial charge is 0.242 e. The van der Waals surface area contributed by atoms with Crippen LogP contribution in [0.25, 0.3) is 0 Å². The van der Waals surface area contributed by atoms with E-state index in [9.17, 15) is 21.6 Å². The third-order valence-electron chi connectivity index (χ3n) is 5.73. The molecule has 2 N–H and O–H groups in total. The van der Waals surface area contributed by atoms with E-state index in [1.807, 2.05) is 6.07 Å². The SMILES string of the molecule is COc1ccc(S(=O)(=O)N[C@H](Cc2ccccc2)C(=O)NCc2ccc(S(=O)(=O)N(C)C)cc2)cc1OC. The molecule has 1 amide bonds. The monoisotopic (exact) mass is 561 g/mol. The van der Waals surface area contributed by atoms with Crippen LogP contribution in [0.1, 0.15) is 11.1 Å². The van der Waals surface area contributed by atoms with Gasteiger partial charge in [-0.15, -0.1) is 0 Å². The van der Waals surface area contributed by atoms with Crippen molar-refractivity contribution in [3.63, 3.8) is 0 Å². The zero-order valence-corrected chi connectivity index (χ0v) is 23.2. The van der Waals surface area contributed by atoms with Gasteiger partial charge in [-0.05, 0) is 41.8 Å². The Morgan fingerprint density at radius 3 is 2.00 bits per heavy atom. The average Bonchev–Trinajstić information content (AvgIpc) is 2.91. The van der Waals surface area contributed by atoms with Gasteiger partial charge in [-0.1, -0.05) is 42.5 Å². The summed E-state index contributed by atoms with van der Waals surface area (Å²) < 4.78 is 65.0. The summed E-state index contributed by atoms with van der Waals surface area (Å²) in [6, 6.07) is 18.2. The molecule has 0 saturated carbocycles. The number of amides is 1. The predicted octanol–water partition coefficient (Wildman–Crippen LogP) is 2.16. The van der Waals surface area contributed by atoms with Gasteiger partial charge in [0.15, 0.2) is 11.5 Å². The number of nitrogens with one attached hydrogen (secondary N) is 2. The summed E-state index contributed by atoms with van der Waals surface area (Å²) in [6.07, 6.45) is 0.110. The van der Waals surface area contributed by atoms with Gasteiger partial charge >= 0.3 is 0 Å². The summed E-state index contributed by atoms with van der Waals surface area (Å²) in [5.41, 5.74) is 1.41. The normalized spacial score (nSPS) is 12.7. The lowest BCUT2D eigenvalue weighted by atomic mass is 10.1. The van der Waals surface area contributed by atoms with Crippen LogP contribution in [-0.2, 0) is 37.8 Å². The lowest BCUT2D eigenvalue weighted by molar-refractivity contribution is -0.122. The van der Waals surface area contributed by atoms with E-state index in [0.717, 1.165) is 9.87 Å². The first-order valence-electron chi connectivity index (χ1n) is 11.6. The molecule has 0 fully saturated rings. The molecule has 3 aromatic carbocycles. The molecule has 0 saturated heterocycles. The van der Waals surface area contributed by atoms with Gasteiger partial charge in [-0.2, -0.15) is 4.72 Å². The van der Waals surface area contributed by atoms with Crippen molar-refractivity contribution in [2.24, 2.45) is 0 Å². The highest BCUT2D eigenvalue weighted by molar-refractivity contribution is 7.89. The molecule has 0 unspecified atom stereocenters. The van der Waals surface area contributed by atoms with Gasteiger partial charge in [-0.25, -0.2) is 21.1 Å². The maximum absolute atomic E-state index is 13.2. The van der Waals surface area contributed by atoms with Crippen LogP contribution >= 0.6 is 0 Å². The lowest BCUT2D eigenvalue weighted by Crippen LogP contribution is -2.47. The number of ether oxygens (including phenoxy) is 2. The third-order valence-corrected chi connectivity index (χ3v) is 9.03. The van der Waals surface area contributed by atoms with E-state index in [1.165, 1.54) is 58.6 Å². The molecule has 0 spiro atoms. The van der Waals surface area contributed by atoms with Crippen molar-refractivity contribution in [1.29, 1.82) is 0 Å². The summed E-state index contributed by atoms with van der Waals surface area (Å²) in [5.74, 6) is 0.0662. The summed E-state index contributed by atoms with van der Waals surface area (Å²) in [7, 11) is -1.96. The quantitative estimate of drug-likeness (QED) is 0.347. The number of rotatable bonds is 12. The zero-order chi connectivity index (χ0) is 27.9. The Labute approximate surface area is 223 Å². The molecule has 3 rings (SSSR count). The molecule has 1 atom stereocenters. The van der Waals surface area contributed by atoms with Crippen molar-refractivity contribution < 1.29 is 31.1 Å². The van der Waals surface area contributed by atoms with Gasteiger partial charge in [0.05, 0.1) is 24.0 Å². The molecule has 0 heterocycles. The van der Waals surface area contributed by atoms with Gasteiger partial charge < -0.3 is 14.8 Å². The van der Waals surface area contributed by atoms with E-state index < -0.39 is 32.0 Å². The number of hydrogen-bond donors (Lipinski definition) is 2. The highest BCUT2D eigenvalue weighted by atomic mass is 32.2. The standard InChI is InChI=1S/C26H31N3O7S2/c1-29(2)38(33,34)21-12-10-20(11-13-21)18-27-26(30)23(16-19-8-6-5-7-9-19)28-37(31,32)22-14-15-24(35-3)25(17-22)36-4/h5-15,17,23,28H,16,18H2,1-4H3,(H,27,30)/t23-/m1/s1. The molecule has 0 radical (unpaired) electrons. The number of benzene rings is 3. The Hall–Kier alpha value is -3.45. The van der Waals surface area contributed by atoms with E-state index in [4.69, 9.17) is 9.47 Å². The van der Waals surface area contributed by atoms with Gasteiger partial charge in [0.25, 0.3) is 0 Å². The van der Waals surface area contributed by atoms with Crippen molar-refractivity contribution in [1.82, 2.24) is 14.3 Å². The molecule has 12 heteroatoms. The number of carbonyl (C=O) groups is 1. The van der Waals surface area contributed by atoms with Crippen molar-refractivity contribution in [3.05, 3.63) is 83.9 Å². The fourth-order valence-electron chi connectivity index (χ4n) is 3.58. The highest BCUT2D eigenvalue weighted by Crippen LogP contribution is 2.29. The summed E-state index contributed by atoms with van der Waals surface area (Å²) in [5, 5.41) is 2.74. The minimum atomic E-state index is -4.11. The second-order valence-corrected chi connectivity index (χ2v) is 12.4. The number of nitrogens with zero attached hydrogens (tertiary/aromatic N) is 1. The van der Waals surface area contributed by atoms with Gasteiger partial charge in [0, 0.05) is 26.7 Å². The molecule has 204 valence electrons. The largest absolute Gasteiger partial charge is 0.493 e. The first kappa shape index (κ1) is 29.1. The molecule has 0 aliphatic carbocycles. The fraction of sp³-hybridized carbons (Fsp3) is 0.269. The van der Waals surface area contributed by atoms with E-state index in [2.05, 4.69) is 10.0 Å². The topological polar surface area (TPSA) is 131 Å². The van der Waals surface area contributed by atoms with Gasteiger partial charge in [0.2, 0.25) is 26.0 Å². The predicted molar refractivity (Wildman–Crippen MR) is 143 cm³/mol. The Bertz CT molecular complexity index is 1460. The Kier molecular flexibility index (Phi) is 9.50. The van der Waals surface area contributed by atoms with Crippen LogP contribution < -0.4 is 19.5 Å². The lowest BCUT2D eigenvalue weighted by Gasteiger charge is -2.19. The molecule has 0 aromatic heterocycles. The molecule has 3 aromatic rings. The van der Waals surface area contributed by atoms with Crippen LogP contribution in [0.4, 0.5) is 0 Å². The minimum Gasteiger partial charge on any atom is -0.493 e. The summed E-state index contributed by atoms with van der Waals surface area (Å²) in [6.45, 7) is 0.0739. The van der Waals surface area contributed by atoms with E-state index in [0.29, 0.717) is 11.3 Å². The second-order valence-electron chi connectivity index (χ2n) is 8.53. The van der Waals surface area contributed by atoms with Crippen LogP contribution in [0, 0.1) is 0 Å². The van der Waals surface area contributed by atoms with Crippen molar-refractivity contribution in [2.75, 3.05) is 28.3 Å². The Balaban J connectivity index is 1.80. The molecule has 10 nitrogen and oxygen atoms in total. The Morgan fingerprint density at radius 1 is 0.816 bits per heavy atom. The Morgan fingerprint density at radius 2 is 1.42 bits per heavy atom. The van der Waals surface area contributed by atoms with Gasteiger partial charge in [-0.3, -0.25) is 4.79 Å². The van der Waals surface area contributed by atoms with Crippen molar-refractivity contribution in [2.45, 2.75) is 28.8 Å². The average molecular weight is 562 g/mol. The zero-order valence-electron chi connectivity index (χ0n) is 21.5. The second kappa shape index (κ2) is 12.4. The molecule has 0 aliphatic heterocycles. The van der Waals surface area contributed by atoms with Crippen LogP contribution in [0.2, 0.25) is 0 Å². The number of sulfonamides is 2. The maximum Gasteiger partial charge on any atom is 0.242 e. The maximum atomic E-state index is 13.2.